The van der Waals surface area contributed by atoms with Crippen LogP contribution in [0.4, 0.5) is 11.9 Å². The van der Waals surface area contributed by atoms with Gasteiger partial charge < -0.3 is 9.80 Å². The van der Waals surface area contributed by atoms with Crippen LogP contribution < -0.4 is 14.5 Å². The minimum atomic E-state index is -3.48. The van der Waals surface area contributed by atoms with Crippen molar-refractivity contribution in [3.63, 3.8) is 0 Å². The molecule has 0 aliphatic carbocycles. The molecule has 9 heteroatoms. The van der Waals surface area contributed by atoms with E-state index in [4.69, 9.17) is 0 Å². The quantitative estimate of drug-likeness (QED) is 0.775. The molecule has 0 amide bonds. The topological polar surface area (TPSA) is 91.3 Å². The molecular formula is C17H24N6O2S. The lowest BCUT2D eigenvalue weighted by Crippen LogP contribution is -2.28. The Morgan fingerprint density at radius 1 is 1.08 bits per heavy atom. The number of nitrogens with one attached hydrogen (secondary N) is 1. The van der Waals surface area contributed by atoms with E-state index in [1.807, 2.05) is 32.3 Å². The van der Waals surface area contributed by atoms with E-state index < -0.39 is 10.0 Å². The van der Waals surface area contributed by atoms with Gasteiger partial charge in [0.25, 0.3) is 0 Å². The van der Waals surface area contributed by atoms with Crippen LogP contribution >= 0.6 is 0 Å². The van der Waals surface area contributed by atoms with Gasteiger partial charge in [0, 0.05) is 27.2 Å². The monoisotopic (exact) mass is 376 g/mol. The Morgan fingerprint density at radius 2 is 1.77 bits per heavy atom. The summed E-state index contributed by atoms with van der Waals surface area (Å²) in [4.78, 5) is 17.2. The third-order valence-electron chi connectivity index (χ3n) is 4.10. The van der Waals surface area contributed by atoms with Gasteiger partial charge >= 0.3 is 0 Å². The first-order chi connectivity index (χ1) is 12.4. The lowest BCUT2D eigenvalue weighted by atomic mass is 10.2. The summed E-state index contributed by atoms with van der Waals surface area (Å²) in [5, 5.41) is 0. The van der Waals surface area contributed by atoms with Crippen LogP contribution in [0.25, 0.3) is 0 Å². The normalized spacial score (nSPS) is 14.6. The molecule has 3 rings (SSSR count). The van der Waals surface area contributed by atoms with Gasteiger partial charge in [-0.05, 0) is 18.4 Å². The minimum absolute atomic E-state index is 0.0410. The summed E-state index contributed by atoms with van der Waals surface area (Å²) in [6, 6.07) is 9.08. The first-order valence-corrected chi connectivity index (χ1v) is 10.3. The molecule has 1 N–H and O–H groups in total. The third-order valence-corrected chi connectivity index (χ3v) is 5.39. The number of aromatic nitrogens is 3. The van der Waals surface area contributed by atoms with E-state index in [0.717, 1.165) is 31.5 Å². The smallest absolute Gasteiger partial charge is 0.230 e. The number of hydrogen-bond acceptors (Lipinski definition) is 7. The number of nitrogens with zero attached hydrogens (tertiary/aromatic N) is 5. The summed E-state index contributed by atoms with van der Waals surface area (Å²) in [5.41, 5.74) is 0.738. The molecule has 0 unspecified atom stereocenters. The molecule has 140 valence electrons. The molecule has 1 aliphatic heterocycles. The summed E-state index contributed by atoms with van der Waals surface area (Å²) in [7, 11) is 0.232. The number of benzene rings is 1. The van der Waals surface area contributed by atoms with Crippen LogP contribution in [0.2, 0.25) is 0 Å². The van der Waals surface area contributed by atoms with Gasteiger partial charge in [-0.1, -0.05) is 30.3 Å². The lowest BCUT2D eigenvalue weighted by Gasteiger charge is -2.19. The van der Waals surface area contributed by atoms with Crippen LogP contribution in [0.5, 0.6) is 0 Å². The summed E-state index contributed by atoms with van der Waals surface area (Å²) in [6.45, 7) is 1.87. The first-order valence-electron chi connectivity index (χ1n) is 8.61. The molecule has 0 radical (unpaired) electrons. The van der Waals surface area contributed by atoms with E-state index in [1.165, 1.54) is 0 Å². The van der Waals surface area contributed by atoms with E-state index in [0.29, 0.717) is 17.7 Å². The molecule has 1 aromatic heterocycles. The fourth-order valence-corrected chi connectivity index (χ4v) is 3.83. The first kappa shape index (κ1) is 18.5. The average molecular weight is 376 g/mol. The summed E-state index contributed by atoms with van der Waals surface area (Å²) < 4.78 is 27.3. The highest BCUT2D eigenvalue weighted by atomic mass is 32.2. The van der Waals surface area contributed by atoms with Crippen molar-refractivity contribution in [3.8, 4) is 0 Å². The molecule has 8 nitrogen and oxygen atoms in total. The van der Waals surface area contributed by atoms with Gasteiger partial charge in [0.2, 0.25) is 21.9 Å². The maximum absolute atomic E-state index is 12.3. The van der Waals surface area contributed by atoms with Crippen molar-refractivity contribution in [1.82, 2.24) is 19.7 Å². The molecule has 0 atom stereocenters. The molecule has 1 aromatic carbocycles. The standard InChI is InChI=1S/C17H24N6O2S/c1-22(2)16-19-15(20-17(21-16)23-10-6-7-11-23)12-18-26(24,25)13-14-8-4-3-5-9-14/h3-5,8-9,18H,6-7,10-13H2,1-2H3. The van der Waals surface area contributed by atoms with Gasteiger partial charge in [0.1, 0.15) is 0 Å². The third kappa shape index (κ3) is 4.89. The second-order valence-electron chi connectivity index (χ2n) is 6.51. The molecule has 1 saturated heterocycles. The Kier molecular flexibility index (Phi) is 5.67. The van der Waals surface area contributed by atoms with E-state index >= 15 is 0 Å². The fourth-order valence-electron chi connectivity index (χ4n) is 2.75. The van der Waals surface area contributed by atoms with E-state index in [1.54, 1.807) is 17.0 Å². The molecule has 2 heterocycles. The van der Waals surface area contributed by atoms with Crippen LogP contribution in [0.3, 0.4) is 0 Å². The average Bonchev–Trinajstić information content (AvgIpc) is 3.15. The van der Waals surface area contributed by atoms with Crippen LogP contribution in [0.15, 0.2) is 30.3 Å². The maximum atomic E-state index is 12.3. The second kappa shape index (κ2) is 7.96. The van der Waals surface area contributed by atoms with Crippen molar-refractivity contribution in [2.24, 2.45) is 0 Å². The van der Waals surface area contributed by atoms with E-state index in [2.05, 4.69) is 24.6 Å². The maximum Gasteiger partial charge on any atom is 0.230 e. The van der Waals surface area contributed by atoms with Gasteiger partial charge in [0.05, 0.1) is 12.3 Å². The summed E-state index contributed by atoms with van der Waals surface area (Å²) >= 11 is 0. The molecule has 1 aliphatic rings. The Labute approximate surface area is 154 Å². The Bertz CT molecular complexity index is 836. The van der Waals surface area contributed by atoms with Crippen molar-refractivity contribution < 1.29 is 8.42 Å². The van der Waals surface area contributed by atoms with Crippen LogP contribution in [0, 0.1) is 0 Å². The van der Waals surface area contributed by atoms with Gasteiger partial charge in [0.15, 0.2) is 5.82 Å². The summed E-state index contributed by atoms with van der Waals surface area (Å²) in [5.74, 6) is 1.48. The zero-order chi connectivity index (χ0) is 18.6. The highest BCUT2D eigenvalue weighted by Crippen LogP contribution is 2.18. The van der Waals surface area contributed by atoms with Gasteiger partial charge in [-0.15, -0.1) is 0 Å². The molecule has 0 spiro atoms. The minimum Gasteiger partial charge on any atom is -0.347 e. The predicted molar refractivity (Wildman–Crippen MR) is 102 cm³/mol. The lowest BCUT2D eigenvalue weighted by molar-refractivity contribution is 0.578. The van der Waals surface area contributed by atoms with Crippen molar-refractivity contribution in [2.45, 2.75) is 25.1 Å². The SMILES string of the molecule is CN(C)c1nc(CNS(=O)(=O)Cc2ccccc2)nc(N2CCCC2)n1. The highest BCUT2D eigenvalue weighted by Gasteiger charge is 2.19. The second-order valence-corrected chi connectivity index (χ2v) is 8.31. The van der Waals surface area contributed by atoms with Crippen LogP contribution in [-0.2, 0) is 22.3 Å². The molecule has 2 aromatic rings. The van der Waals surface area contributed by atoms with Crippen molar-refractivity contribution in [3.05, 3.63) is 41.7 Å². The van der Waals surface area contributed by atoms with E-state index in [9.17, 15) is 8.42 Å². The number of hydrogen-bond donors (Lipinski definition) is 1. The van der Waals surface area contributed by atoms with Gasteiger partial charge in [-0.2, -0.15) is 15.0 Å². The Morgan fingerprint density at radius 3 is 2.42 bits per heavy atom. The van der Waals surface area contributed by atoms with Crippen LogP contribution in [0.1, 0.15) is 24.2 Å². The molecule has 0 bridgehead atoms. The number of rotatable bonds is 7. The summed E-state index contributed by atoms with van der Waals surface area (Å²) in [6.07, 6.45) is 2.23. The van der Waals surface area contributed by atoms with E-state index in [-0.39, 0.29) is 12.3 Å². The predicted octanol–water partition coefficient (Wildman–Crippen LogP) is 1.16. The van der Waals surface area contributed by atoms with Gasteiger partial charge in [-0.25, -0.2) is 13.1 Å². The number of anilines is 2. The largest absolute Gasteiger partial charge is 0.347 e. The fraction of sp³-hybridized carbons (Fsp3) is 0.471. The Hall–Kier alpha value is -2.26. The van der Waals surface area contributed by atoms with Crippen molar-refractivity contribution in [2.75, 3.05) is 37.0 Å². The number of sulfonamides is 1. The Balaban J connectivity index is 1.74. The molecule has 26 heavy (non-hydrogen) atoms. The highest BCUT2D eigenvalue weighted by molar-refractivity contribution is 7.88. The van der Waals surface area contributed by atoms with Gasteiger partial charge in [-0.3, -0.25) is 0 Å². The van der Waals surface area contributed by atoms with Crippen LogP contribution in [-0.4, -0.2) is 50.6 Å². The zero-order valence-electron chi connectivity index (χ0n) is 15.1. The van der Waals surface area contributed by atoms with Crippen molar-refractivity contribution >= 4 is 21.9 Å². The molecule has 0 saturated carbocycles. The zero-order valence-corrected chi connectivity index (χ0v) is 15.9. The van der Waals surface area contributed by atoms with Crippen molar-refractivity contribution in [1.29, 1.82) is 0 Å². The molecular weight excluding hydrogens is 352 g/mol. The molecule has 1 fully saturated rings.